The van der Waals surface area contributed by atoms with Gasteiger partial charge in [0.05, 0.1) is 5.69 Å². The minimum atomic E-state index is 1.03. The Hall–Kier alpha value is -0.610. The molecular weight excluding hydrogens is 206 g/mol. The highest BCUT2D eigenvalue weighted by atomic mass is 32.1. The van der Waals surface area contributed by atoms with Crippen LogP contribution < -0.4 is 10.2 Å². The van der Waals surface area contributed by atoms with Crippen molar-refractivity contribution < 1.29 is 0 Å². The lowest BCUT2D eigenvalue weighted by Gasteiger charge is -2.19. The molecule has 0 amide bonds. The molecule has 0 atom stereocenters. The Bertz CT molecular complexity index is 277. The third kappa shape index (κ3) is 3.47. The monoisotopic (exact) mass is 227 g/mol. The zero-order valence-electron chi connectivity index (χ0n) is 10.1. The fourth-order valence-electron chi connectivity index (χ4n) is 1.37. The molecule has 15 heavy (non-hydrogen) atoms. The normalized spacial score (nSPS) is 10.7. The van der Waals surface area contributed by atoms with Crippen LogP contribution in [-0.2, 0) is 0 Å². The largest absolute Gasteiger partial charge is 0.347 e. The molecule has 1 heterocycles. The van der Waals surface area contributed by atoms with Gasteiger partial charge >= 0.3 is 0 Å². The highest BCUT2D eigenvalue weighted by Gasteiger charge is 2.09. The van der Waals surface area contributed by atoms with E-state index in [0.717, 1.165) is 37.0 Å². The topological polar surface area (TPSA) is 28.2 Å². The number of aromatic nitrogens is 1. The van der Waals surface area contributed by atoms with Crippen LogP contribution in [0.15, 0.2) is 0 Å². The summed E-state index contributed by atoms with van der Waals surface area (Å²) in [6.07, 6.45) is 0. The minimum Gasteiger partial charge on any atom is -0.347 e. The first kappa shape index (κ1) is 12.5. The summed E-state index contributed by atoms with van der Waals surface area (Å²) in [6, 6.07) is 0. The molecule has 1 aromatic heterocycles. The van der Waals surface area contributed by atoms with E-state index in [0.29, 0.717) is 0 Å². The van der Waals surface area contributed by atoms with Crippen LogP contribution in [0, 0.1) is 13.8 Å². The molecule has 0 radical (unpaired) electrons. The summed E-state index contributed by atoms with van der Waals surface area (Å²) >= 11 is 1.79. The third-order valence-corrected chi connectivity index (χ3v) is 3.61. The summed E-state index contributed by atoms with van der Waals surface area (Å²) in [5, 5.41) is 4.50. The van der Waals surface area contributed by atoms with Gasteiger partial charge in [0.15, 0.2) is 5.13 Å². The molecule has 3 nitrogen and oxygen atoms in total. The molecule has 0 saturated heterocycles. The summed E-state index contributed by atoms with van der Waals surface area (Å²) in [5.41, 5.74) is 1.16. The summed E-state index contributed by atoms with van der Waals surface area (Å²) in [6.45, 7) is 12.7. The first-order valence-corrected chi connectivity index (χ1v) is 6.40. The maximum Gasteiger partial charge on any atom is 0.185 e. The van der Waals surface area contributed by atoms with E-state index in [9.17, 15) is 0 Å². The second kappa shape index (κ2) is 6.08. The second-order valence-electron chi connectivity index (χ2n) is 3.57. The lowest BCUT2D eigenvalue weighted by Crippen LogP contribution is -2.31. The Morgan fingerprint density at radius 2 is 2.07 bits per heavy atom. The van der Waals surface area contributed by atoms with Crippen LogP contribution in [0.3, 0.4) is 0 Å². The van der Waals surface area contributed by atoms with Crippen molar-refractivity contribution in [1.82, 2.24) is 10.3 Å². The molecule has 4 heteroatoms. The lowest BCUT2D eigenvalue weighted by molar-refractivity contribution is 0.687. The van der Waals surface area contributed by atoms with Crippen molar-refractivity contribution in [3.8, 4) is 0 Å². The Labute approximate surface area is 96.5 Å². The average Bonchev–Trinajstić information content (AvgIpc) is 2.54. The molecule has 1 rings (SSSR count). The Kier molecular flexibility index (Phi) is 5.05. The van der Waals surface area contributed by atoms with Crippen LogP contribution in [0.2, 0.25) is 0 Å². The molecule has 0 aliphatic carbocycles. The molecule has 1 aromatic rings. The number of nitrogens with zero attached hydrogens (tertiary/aromatic N) is 2. The molecule has 0 bridgehead atoms. The van der Waals surface area contributed by atoms with Gasteiger partial charge in [-0.25, -0.2) is 4.98 Å². The quantitative estimate of drug-likeness (QED) is 0.755. The maximum atomic E-state index is 4.58. The first-order chi connectivity index (χ1) is 7.19. The van der Waals surface area contributed by atoms with Gasteiger partial charge in [-0.15, -0.1) is 11.3 Å². The van der Waals surface area contributed by atoms with Crippen LogP contribution in [0.25, 0.3) is 0 Å². The summed E-state index contributed by atoms with van der Waals surface area (Å²) < 4.78 is 0. The molecule has 0 spiro atoms. The van der Waals surface area contributed by atoms with Gasteiger partial charge in [-0.2, -0.15) is 0 Å². The molecule has 0 unspecified atom stereocenters. The van der Waals surface area contributed by atoms with Crippen LogP contribution in [0.5, 0.6) is 0 Å². The number of likely N-dealkylation sites (N-methyl/N-ethyl adjacent to an activating group) is 2. The van der Waals surface area contributed by atoms with Gasteiger partial charge in [0.2, 0.25) is 0 Å². The van der Waals surface area contributed by atoms with Crippen molar-refractivity contribution in [3.63, 3.8) is 0 Å². The van der Waals surface area contributed by atoms with Gasteiger partial charge in [-0.1, -0.05) is 6.92 Å². The zero-order valence-corrected chi connectivity index (χ0v) is 10.9. The van der Waals surface area contributed by atoms with Crippen LogP contribution in [0.4, 0.5) is 5.13 Å². The fraction of sp³-hybridized carbons (Fsp3) is 0.727. The minimum absolute atomic E-state index is 1.03. The summed E-state index contributed by atoms with van der Waals surface area (Å²) in [4.78, 5) is 8.23. The Balaban J connectivity index is 2.57. The first-order valence-electron chi connectivity index (χ1n) is 5.58. The molecule has 86 valence electrons. The van der Waals surface area contributed by atoms with Crippen molar-refractivity contribution in [2.24, 2.45) is 0 Å². The number of anilines is 1. The second-order valence-corrected chi connectivity index (χ2v) is 4.75. The highest BCUT2D eigenvalue weighted by Crippen LogP contribution is 2.24. The molecule has 1 N–H and O–H groups in total. The van der Waals surface area contributed by atoms with E-state index in [1.54, 1.807) is 11.3 Å². The van der Waals surface area contributed by atoms with E-state index in [1.165, 1.54) is 4.88 Å². The molecule has 0 saturated carbocycles. The number of hydrogen-bond donors (Lipinski definition) is 1. The Morgan fingerprint density at radius 1 is 1.33 bits per heavy atom. The average molecular weight is 227 g/mol. The molecule has 0 aliphatic heterocycles. The predicted octanol–water partition coefficient (Wildman–Crippen LogP) is 2.20. The zero-order chi connectivity index (χ0) is 11.3. The van der Waals surface area contributed by atoms with Crippen molar-refractivity contribution in [2.75, 3.05) is 31.1 Å². The van der Waals surface area contributed by atoms with Gasteiger partial charge in [0.1, 0.15) is 0 Å². The predicted molar refractivity (Wildman–Crippen MR) is 68.0 cm³/mol. The van der Waals surface area contributed by atoms with Gasteiger partial charge in [0, 0.05) is 24.5 Å². The van der Waals surface area contributed by atoms with Gasteiger partial charge in [-0.3, -0.25) is 0 Å². The highest BCUT2D eigenvalue weighted by molar-refractivity contribution is 7.15. The molecule has 0 aromatic carbocycles. The van der Waals surface area contributed by atoms with Gasteiger partial charge < -0.3 is 10.2 Å². The number of aryl methyl sites for hydroxylation is 2. The third-order valence-electron chi connectivity index (χ3n) is 2.48. The summed E-state index contributed by atoms with van der Waals surface area (Å²) in [7, 11) is 0. The number of nitrogens with one attached hydrogen (secondary N) is 1. The van der Waals surface area contributed by atoms with E-state index >= 15 is 0 Å². The maximum absolute atomic E-state index is 4.58. The standard InChI is InChI=1S/C11H21N3S/c1-5-12-7-8-14(6-2)11-13-9(3)10(4)15-11/h12H,5-8H2,1-4H3. The van der Waals surface area contributed by atoms with E-state index < -0.39 is 0 Å². The summed E-state index contributed by atoms with van der Waals surface area (Å²) in [5.74, 6) is 0. The number of rotatable bonds is 6. The fourth-order valence-corrected chi connectivity index (χ4v) is 2.37. The van der Waals surface area contributed by atoms with Crippen LogP contribution in [0.1, 0.15) is 24.4 Å². The van der Waals surface area contributed by atoms with E-state index in [-0.39, 0.29) is 0 Å². The van der Waals surface area contributed by atoms with E-state index in [2.05, 4.69) is 42.9 Å². The number of hydrogen-bond acceptors (Lipinski definition) is 4. The SMILES string of the molecule is CCNCCN(CC)c1nc(C)c(C)s1. The van der Waals surface area contributed by atoms with Gasteiger partial charge in [0.25, 0.3) is 0 Å². The Morgan fingerprint density at radius 3 is 2.53 bits per heavy atom. The molecular formula is C11H21N3S. The van der Waals surface area contributed by atoms with Gasteiger partial charge in [-0.05, 0) is 27.3 Å². The van der Waals surface area contributed by atoms with E-state index in [1.807, 2.05) is 0 Å². The number of thiazole rings is 1. The van der Waals surface area contributed by atoms with Crippen molar-refractivity contribution in [2.45, 2.75) is 27.7 Å². The lowest BCUT2D eigenvalue weighted by atomic mass is 10.4. The van der Waals surface area contributed by atoms with Crippen LogP contribution in [-0.4, -0.2) is 31.2 Å². The smallest absolute Gasteiger partial charge is 0.185 e. The molecule has 0 aliphatic rings. The van der Waals surface area contributed by atoms with Crippen molar-refractivity contribution in [3.05, 3.63) is 10.6 Å². The van der Waals surface area contributed by atoms with Crippen molar-refractivity contribution in [1.29, 1.82) is 0 Å². The van der Waals surface area contributed by atoms with Crippen molar-refractivity contribution >= 4 is 16.5 Å². The molecule has 0 fully saturated rings. The van der Waals surface area contributed by atoms with Crippen LogP contribution >= 0.6 is 11.3 Å². The van der Waals surface area contributed by atoms with E-state index in [4.69, 9.17) is 0 Å².